The number of fused-ring (bicyclic) bond motifs is 1. The summed E-state index contributed by atoms with van der Waals surface area (Å²) >= 11 is 0. The fourth-order valence-electron chi connectivity index (χ4n) is 3.36. The van der Waals surface area contributed by atoms with Crippen molar-refractivity contribution in [1.82, 2.24) is 9.62 Å². The average molecular weight is 310 g/mol. The van der Waals surface area contributed by atoms with Crippen molar-refractivity contribution in [1.29, 1.82) is 0 Å². The minimum Gasteiger partial charge on any atom is -0.395 e. The number of aliphatic hydroxyl groups excluding tert-OH is 1. The van der Waals surface area contributed by atoms with Gasteiger partial charge in [-0.15, -0.1) is 0 Å². The van der Waals surface area contributed by atoms with E-state index >= 15 is 0 Å². The van der Waals surface area contributed by atoms with E-state index in [0.29, 0.717) is 4.90 Å². The molecule has 0 aromatic heterocycles. The Morgan fingerprint density at radius 1 is 1.19 bits per heavy atom. The first kappa shape index (κ1) is 15.0. The lowest BCUT2D eigenvalue weighted by molar-refractivity contribution is 0.226. The third kappa shape index (κ3) is 2.85. The van der Waals surface area contributed by atoms with Crippen molar-refractivity contribution in [2.45, 2.75) is 49.7 Å². The summed E-state index contributed by atoms with van der Waals surface area (Å²) in [6.45, 7) is 1.57. The molecule has 1 aromatic carbocycles. The van der Waals surface area contributed by atoms with Crippen LogP contribution in [0.15, 0.2) is 23.1 Å². The van der Waals surface area contributed by atoms with E-state index in [1.54, 1.807) is 12.1 Å². The monoisotopic (exact) mass is 310 g/mol. The van der Waals surface area contributed by atoms with Crippen LogP contribution in [0.2, 0.25) is 0 Å². The predicted octanol–water partition coefficient (Wildman–Crippen LogP) is 1.22. The molecule has 1 aromatic rings. The largest absolute Gasteiger partial charge is 0.395 e. The molecule has 2 aliphatic rings. The molecular formula is C15H22N2O3S. The fraction of sp³-hybridized carbons (Fsp3) is 0.600. The lowest BCUT2D eigenvalue weighted by Gasteiger charge is -2.27. The number of nitrogens with one attached hydrogen (secondary N) is 1. The molecule has 0 unspecified atom stereocenters. The van der Waals surface area contributed by atoms with Gasteiger partial charge in [-0.3, -0.25) is 0 Å². The molecule has 116 valence electrons. The predicted molar refractivity (Wildman–Crippen MR) is 80.2 cm³/mol. The first-order valence-corrected chi connectivity index (χ1v) is 9.02. The normalized spacial score (nSPS) is 19.3. The summed E-state index contributed by atoms with van der Waals surface area (Å²) in [5.74, 6) is 0. The van der Waals surface area contributed by atoms with Crippen LogP contribution >= 0.6 is 0 Å². The molecule has 0 saturated heterocycles. The molecule has 2 N–H and O–H groups in total. The molecule has 1 saturated carbocycles. The molecule has 0 radical (unpaired) electrons. The Hall–Kier alpha value is -0.950. The number of sulfonamides is 1. The molecule has 1 heterocycles. The van der Waals surface area contributed by atoms with Crippen molar-refractivity contribution in [2.75, 3.05) is 13.2 Å². The van der Waals surface area contributed by atoms with Gasteiger partial charge in [-0.25, -0.2) is 8.42 Å². The molecule has 5 nitrogen and oxygen atoms in total. The quantitative estimate of drug-likeness (QED) is 0.858. The van der Waals surface area contributed by atoms with Crippen molar-refractivity contribution in [3.05, 3.63) is 29.3 Å². The molecule has 1 fully saturated rings. The third-order valence-electron chi connectivity index (χ3n) is 4.47. The van der Waals surface area contributed by atoms with E-state index in [4.69, 9.17) is 0 Å². The molecular weight excluding hydrogens is 288 g/mol. The van der Waals surface area contributed by atoms with E-state index < -0.39 is 10.0 Å². The second kappa shape index (κ2) is 6.04. The van der Waals surface area contributed by atoms with Crippen LogP contribution in [0.3, 0.4) is 0 Å². The van der Waals surface area contributed by atoms with Crippen LogP contribution in [0, 0.1) is 0 Å². The average Bonchev–Trinajstić information content (AvgIpc) is 3.14. The van der Waals surface area contributed by atoms with Gasteiger partial charge in [0.1, 0.15) is 0 Å². The van der Waals surface area contributed by atoms with Crippen molar-refractivity contribution < 1.29 is 13.5 Å². The summed E-state index contributed by atoms with van der Waals surface area (Å²) in [6, 6.07) is 5.41. The highest BCUT2D eigenvalue weighted by Crippen LogP contribution is 2.29. The Morgan fingerprint density at radius 3 is 2.62 bits per heavy atom. The zero-order valence-electron chi connectivity index (χ0n) is 12.1. The maximum Gasteiger partial charge on any atom is 0.243 e. The van der Waals surface area contributed by atoms with Crippen molar-refractivity contribution in [2.24, 2.45) is 0 Å². The molecule has 21 heavy (non-hydrogen) atoms. The van der Waals surface area contributed by atoms with Crippen LogP contribution in [-0.2, 0) is 23.1 Å². The number of benzene rings is 1. The van der Waals surface area contributed by atoms with Gasteiger partial charge in [0, 0.05) is 25.7 Å². The lowest BCUT2D eigenvalue weighted by Crippen LogP contribution is -2.40. The Kier molecular flexibility index (Phi) is 4.31. The van der Waals surface area contributed by atoms with Gasteiger partial charge in [0.25, 0.3) is 0 Å². The number of nitrogens with zero attached hydrogens (tertiary/aromatic N) is 1. The van der Waals surface area contributed by atoms with Crippen molar-refractivity contribution in [3.63, 3.8) is 0 Å². The highest BCUT2D eigenvalue weighted by atomic mass is 32.2. The van der Waals surface area contributed by atoms with Gasteiger partial charge in [0.2, 0.25) is 10.0 Å². The van der Waals surface area contributed by atoms with Crippen LogP contribution in [0.25, 0.3) is 0 Å². The van der Waals surface area contributed by atoms with Crippen LogP contribution in [-0.4, -0.2) is 37.0 Å². The molecule has 0 amide bonds. The van der Waals surface area contributed by atoms with Crippen LogP contribution in [0.5, 0.6) is 0 Å². The standard InChI is InChI=1S/C15H22N2O3S/c18-8-7-17(14-3-1-2-4-14)21(19,20)15-6-5-12-10-16-11-13(12)9-15/h5-6,9,14,16,18H,1-4,7-8,10-11H2. The number of hydrogen-bond acceptors (Lipinski definition) is 4. The summed E-state index contributed by atoms with van der Waals surface area (Å²) in [4.78, 5) is 0.352. The highest BCUT2D eigenvalue weighted by Gasteiger charge is 2.33. The van der Waals surface area contributed by atoms with Gasteiger partial charge in [0.05, 0.1) is 11.5 Å². The second-order valence-electron chi connectivity index (χ2n) is 5.81. The first-order valence-electron chi connectivity index (χ1n) is 7.58. The molecule has 0 spiro atoms. The minimum absolute atomic E-state index is 0.0357. The Bertz CT molecular complexity index is 609. The summed E-state index contributed by atoms with van der Waals surface area (Å²) in [6.07, 6.45) is 3.92. The van der Waals surface area contributed by atoms with Crippen molar-refractivity contribution in [3.8, 4) is 0 Å². The summed E-state index contributed by atoms with van der Waals surface area (Å²) in [5, 5.41) is 12.5. The number of rotatable bonds is 5. The Morgan fingerprint density at radius 2 is 1.90 bits per heavy atom. The summed E-state index contributed by atoms with van der Waals surface area (Å²) in [7, 11) is -3.52. The van der Waals surface area contributed by atoms with Gasteiger partial charge < -0.3 is 10.4 Å². The molecule has 0 atom stereocenters. The van der Waals surface area contributed by atoms with Crippen LogP contribution in [0.4, 0.5) is 0 Å². The first-order chi connectivity index (χ1) is 10.1. The Balaban J connectivity index is 1.93. The summed E-state index contributed by atoms with van der Waals surface area (Å²) < 4.78 is 27.3. The van der Waals surface area contributed by atoms with Crippen molar-refractivity contribution >= 4 is 10.0 Å². The number of hydrogen-bond donors (Lipinski definition) is 2. The lowest BCUT2D eigenvalue weighted by atomic mass is 10.1. The second-order valence-corrected chi connectivity index (χ2v) is 7.70. The minimum atomic E-state index is -3.52. The zero-order chi connectivity index (χ0) is 14.9. The topological polar surface area (TPSA) is 69.6 Å². The van der Waals surface area contributed by atoms with Crippen LogP contribution < -0.4 is 5.32 Å². The van der Waals surface area contributed by atoms with E-state index in [9.17, 15) is 13.5 Å². The molecule has 0 bridgehead atoms. The van der Waals surface area contributed by atoms with Crippen LogP contribution in [0.1, 0.15) is 36.8 Å². The van der Waals surface area contributed by atoms with Gasteiger partial charge in [-0.2, -0.15) is 4.31 Å². The van der Waals surface area contributed by atoms with Gasteiger partial charge in [-0.05, 0) is 36.1 Å². The molecule has 1 aliphatic carbocycles. The highest BCUT2D eigenvalue weighted by molar-refractivity contribution is 7.89. The maximum atomic E-state index is 12.9. The van der Waals surface area contributed by atoms with Gasteiger partial charge in [-0.1, -0.05) is 18.9 Å². The number of aliphatic hydroxyl groups is 1. The van der Waals surface area contributed by atoms with Gasteiger partial charge in [0.15, 0.2) is 0 Å². The molecule has 3 rings (SSSR count). The molecule has 6 heteroatoms. The smallest absolute Gasteiger partial charge is 0.243 e. The van der Waals surface area contributed by atoms with E-state index in [0.717, 1.165) is 44.3 Å². The van der Waals surface area contributed by atoms with E-state index in [1.807, 2.05) is 6.07 Å². The van der Waals surface area contributed by atoms with Gasteiger partial charge >= 0.3 is 0 Å². The molecule has 1 aliphatic heterocycles. The zero-order valence-corrected chi connectivity index (χ0v) is 12.9. The summed E-state index contributed by atoms with van der Waals surface area (Å²) in [5.41, 5.74) is 2.23. The third-order valence-corrected chi connectivity index (χ3v) is 6.42. The maximum absolute atomic E-state index is 12.9. The fourth-order valence-corrected chi connectivity index (χ4v) is 5.08. The Labute approximate surface area is 126 Å². The van der Waals surface area contributed by atoms with E-state index in [2.05, 4.69) is 5.32 Å². The van der Waals surface area contributed by atoms with E-state index in [1.165, 1.54) is 9.87 Å². The SMILES string of the molecule is O=S(=O)(c1ccc2c(c1)CNC2)N(CCO)C1CCCC1. The van der Waals surface area contributed by atoms with E-state index in [-0.39, 0.29) is 19.2 Å².